The van der Waals surface area contributed by atoms with Gasteiger partial charge < -0.3 is 14.3 Å². The number of oxime groups is 1. The van der Waals surface area contributed by atoms with Crippen LogP contribution >= 0.6 is 0 Å². The summed E-state index contributed by atoms with van der Waals surface area (Å²) in [6.07, 6.45) is 2.68. The third-order valence-corrected chi connectivity index (χ3v) is 6.23. The van der Waals surface area contributed by atoms with Crippen molar-refractivity contribution in [2.24, 2.45) is 5.16 Å². The van der Waals surface area contributed by atoms with E-state index >= 15 is 0 Å². The van der Waals surface area contributed by atoms with E-state index in [2.05, 4.69) is 27.8 Å². The molecule has 0 aliphatic heterocycles. The van der Waals surface area contributed by atoms with Gasteiger partial charge in [-0.2, -0.15) is 0 Å². The molecule has 2 heterocycles. The van der Waals surface area contributed by atoms with E-state index in [0.29, 0.717) is 25.3 Å². The molecule has 0 aliphatic rings. The summed E-state index contributed by atoms with van der Waals surface area (Å²) in [7, 11) is 1.38. The molecule has 0 saturated carbocycles. The molecule has 7 nitrogen and oxygen atoms in total. The van der Waals surface area contributed by atoms with Crippen molar-refractivity contribution in [1.29, 1.82) is 0 Å². The van der Waals surface area contributed by atoms with E-state index in [1.54, 1.807) is 0 Å². The highest BCUT2D eigenvalue weighted by molar-refractivity contribution is 6.01. The molecule has 39 heavy (non-hydrogen) atoms. The summed E-state index contributed by atoms with van der Waals surface area (Å²) in [4.78, 5) is 22.0. The van der Waals surface area contributed by atoms with Crippen molar-refractivity contribution < 1.29 is 19.1 Å². The van der Waals surface area contributed by atoms with E-state index in [9.17, 15) is 4.79 Å². The third-order valence-electron chi connectivity index (χ3n) is 6.23. The molecule has 0 atom stereocenters. The Balaban J connectivity index is 1.19. The molecule has 5 rings (SSSR count). The van der Waals surface area contributed by atoms with Gasteiger partial charge in [0.05, 0.1) is 30.6 Å². The highest BCUT2D eigenvalue weighted by Gasteiger charge is 2.10. The molecule has 0 aliphatic carbocycles. The van der Waals surface area contributed by atoms with Gasteiger partial charge in [-0.05, 0) is 41.0 Å². The average molecular weight is 520 g/mol. The van der Waals surface area contributed by atoms with Crippen LogP contribution < -0.4 is 4.74 Å². The number of benzene rings is 3. The summed E-state index contributed by atoms with van der Waals surface area (Å²) in [6.45, 7) is 0.653. The lowest BCUT2D eigenvalue weighted by atomic mass is 10.1. The number of hydrogen-bond acceptors (Lipinski definition) is 6. The number of hydrogen-bond donors (Lipinski definition) is 0. The zero-order valence-electron chi connectivity index (χ0n) is 21.7. The van der Waals surface area contributed by atoms with E-state index in [-0.39, 0.29) is 12.4 Å². The van der Waals surface area contributed by atoms with Crippen LogP contribution in [-0.2, 0) is 27.6 Å². The number of pyridine rings is 1. The molecule has 0 spiro atoms. The van der Waals surface area contributed by atoms with Gasteiger partial charge in [-0.15, -0.1) is 0 Å². The van der Waals surface area contributed by atoms with Crippen molar-refractivity contribution in [3.8, 4) is 17.0 Å². The Morgan fingerprint density at radius 3 is 2.31 bits per heavy atom. The lowest BCUT2D eigenvalue weighted by molar-refractivity contribution is -0.140. The fourth-order valence-electron chi connectivity index (χ4n) is 4.19. The second kappa shape index (κ2) is 12.6. The van der Waals surface area contributed by atoms with E-state index in [0.717, 1.165) is 39.5 Å². The van der Waals surface area contributed by atoms with Gasteiger partial charge in [0, 0.05) is 12.6 Å². The topological polar surface area (TPSA) is 74.4 Å². The highest BCUT2D eigenvalue weighted by Crippen LogP contribution is 2.22. The van der Waals surface area contributed by atoms with Crippen LogP contribution in [0.1, 0.15) is 29.7 Å². The van der Waals surface area contributed by atoms with Crippen molar-refractivity contribution >= 4 is 17.3 Å². The van der Waals surface area contributed by atoms with Gasteiger partial charge in [-0.3, -0.25) is 9.20 Å². The molecule has 5 aromatic rings. The Bertz CT molecular complexity index is 1550. The van der Waals surface area contributed by atoms with Crippen LogP contribution in [0.15, 0.2) is 114 Å². The van der Waals surface area contributed by atoms with Crippen LogP contribution in [0, 0.1) is 0 Å². The summed E-state index contributed by atoms with van der Waals surface area (Å²) < 4.78 is 12.8. The molecular weight excluding hydrogens is 490 g/mol. The lowest BCUT2D eigenvalue weighted by Crippen LogP contribution is -2.08. The number of rotatable bonds is 11. The van der Waals surface area contributed by atoms with E-state index in [1.165, 1.54) is 7.11 Å². The number of fused-ring (bicyclic) bond motifs is 1. The lowest BCUT2D eigenvalue weighted by Gasteiger charge is -2.08. The summed E-state index contributed by atoms with van der Waals surface area (Å²) in [5.74, 6) is 0.458. The maximum atomic E-state index is 11.6. The zero-order valence-corrected chi connectivity index (χ0v) is 21.7. The first-order chi connectivity index (χ1) is 19.2. The predicted molar refractivity (Wildman–Crippen MR) is 150 cm³/mol. The Morgan fingerprint density at radius 2 is 1.56 bits per heavy atom. The van der Waals surface area contributed by atoms with Crippen LogP contribution in [0.2, 0.25) is 0 Å². The molecule has 3 aromatic carbocycles. The molecular formula is C32H29N3O4. The Kier molecular flexibility index (Phi) is 8.28. The van der Waals surface area contributed by atoms with E-state index < -0.39 is 0 Å². The Hall–Kier alpha value is -4.91. The van der Waals surface area contributed by atoms with Crippen molar-refractivity contribution in [1.82, 2.24) is 9.38 Å². The smallest absolute Gasteiger partial charge is 0.305 e. The van der Waals surface area contributed by atoms with Gasteiger partial charge in [0.25, 0.3) is 0 Å². The van der Waals surface area contributed by atoms with E-state index in [4.69, 9.17) is 19.3 Å². The molecule has 0 radical (unpaired) electrons. The van der Waals surface area contributed by atoms with Crippen molar-refractivity contribution in [2.75, 3.05) is 7.11 Å². The number of carbonyl (C=O) groups is 1. The van der Waals surface area contributed by atoms with Gasteiger partial charge >= 0.3 is 5.97 Å². The van der Waals surface area contributed by atoms with Crippen LogP contribution in [0.5, 0.6) is 5.75 Å². The monoisotopic (exact) mass is 519 g/mol. The number of ether oxygens (including phenoxy) is 2. The number of methoxy groups -OCH3 is 1. The van der Waals surface area contributed by atoms with Gasteiger partial charge in [-0.25, -0.2) is 4.98 Å². The molecule has 0 bridgehead atoms. The number of carbonyl (C=O) groups excluding carboxylic acids is 1. The Labute approximate surface area is 227 Å². The third kappa shape index (κ3) is 6.70. The SMILES string of the molecule is COC(=O)CC/C(=N\OCc1ccc(OCc2cn3c(-c4ccccc4)cccc3n2)cc1)c1ccccc1. The minimum absolute atomic E-state index is 0.236. The number of nitrogens with zero attached hydrogens (tertiary/aromatic N) is 3. The molecule has 0 amide bonds. The van der Waals surface area contributed by atoms with Gasteiger partial charge in [0.1, 0.15) is 24.6 Å². The molecule has 7 heteroatoms. The summed E-state index contributed by atoms with van der Waals surface area (Å²) in [6, 6.07) is 33.7. The van der Waals surface area contributed by atoms with E-state index in [1.807, 2.05) is 91.1 Å². The van der Waals surface area contributed by atoms with Crippen LogP contribution in [0.25, 0.3) is 16.9 Å². The summed E-state index contributed by atoms with van der Waals surface area (Å²) in [5, 5.41) is 4.31. The summed E-state index contributed by atoms with van der Waals surface area (Å²) >= 11 is 0. The van der Waals surface area contributed by atoms with Crippen molar-refractivity contribution in [2.45, 2.75) is 26.1 Å². The first-order valence-electron chi connectivity index (χ1n) is 12.7. The van der Waals surface area contributed by atoms with Crippen molar-refractivity contribution in [3.63, 3.8) is 0 Å². The molecule has 196 valence electrons. The van der Waals surface area contributed by atoms with Gasteiger partial charge in [0.15, 0.2) is 0 Å². The van der Waals surface area contributed by atoms with Crippen LogP contribution in [0.4, 0.5) is 0 Å². The van der Waals surface area contributed by atoms with Gasteiger partial charge in [-0.1, -0.05) is 84.0 Å². The maximum absolute atomic E-state index is 11.6. The molecule has 0 N–H and O–H groups in total. The average Bonchev–Trinajstić information content (AvgIpc) is 3.42. The summed E-state index contributed by atoms with van der Waals surface area (Å²) in [5.41, 5.74) is 6.50. The number of imidazole rings is 1. The van der Waals surface area contributed by atoms with Crippen molar-refractivity contribution in [3.05, 3.63) is 126 Å². The standard InChI is InChI=1S/C32H29N3O4/c1-37-32(36)20-19-29(25-9-4-2-5-10-25)34-39-22-24-15-17-28(18-16-24)38-23-27-21-35-30(13-8-14-31(35)33-27)26-11-6-3-7-12-26/h2-18,21H,19-20,22-23H2,1H3/b34-29+. The second-order valence-electron chi connectivity index (χ2n) is 8.92. The minimum Gasteiger partial charge on any atom is -0.487 e. The normalized spacial score (nSPS) is 11.4. The first-order valence-corrected chi connectivity index (χ1v) is 12.7. The van der Waals surface area contributed by atoms with Gasteiger partial charge in [0.2, 0.25) is 0 Å². The van der Waals surface area contributed by atoms with Crippen LogP contribution in [-0.4, -0.2) is 28.2 Å². The Morgan fingerprint density at radius 1 is 0.821 bits per heavy atom. The first kappa shape index (κ1) is 25.7. The minimum atomic E-state index is -0.283. The largest absolute Gasteiger partial charge is 0.487 e. The highest BCUT2D eigenvalue weighted by atomic mass is 16.6. The predicted octanol–water partition coefficient (Wildman–Crippen LogP) is 6.45. The molecule has 0 unspecified atom stereocenters. The maximum Gasteiger partial charge on any atom is 0.305 e. The number of esters is 1. The zero-order chi connectivity index (χ0) is 26.9. The number of aromatic nitrogens is 2. The molecule has 0 fully saturated rings. The quantitative estimate of drug-likeness (QED) is 0.114. The molecule has 2 aromatic heterocycles. The fourth-order valence-corrected chi connectivity index (χ4v) is 4.19. The second-order valence-corrected chi connectivity index (χ2v) is 8.92. The molecule has 0 saturated heterocycles. The van der Waals surface area contributed by atoms with Crippen LogP contribution in [0.3, 0.4) is 0 Å². The fraction of sp³-hybridized carbons (Fsp3) is 0.156.